The molecule has 0 aromatic carbocycles. The van der Waals surface area contributed by atoms with E-state index < -0.39 is 5.97 Å². The van der Waals surface area contributed by atoms with Gasteiger partial charge < -0.3 is 14.3 Å². The van der Waals surface area contributed by atoms with Crippen molar-refractivity contribution in [3.8, 4) is 0 Å². The number of hydrogen-bond acceptors (Lipinski definition) is 3. The Hall–Kier alpha value is -1.51. The first-order valence-electron chi connectivity index (χ1n) is 3.70. The zero-order valence-corrected chi connectivity index (χ0v) is 6.74. The van der Waals surface area contributed by atoms with Crippen LogP contribution in [0.2, 0.25) is 0 Å². The van der Waals surface area contributed by atoms with Crippen LogP contribution in [0, 0.1) is 0 Å². The third kappa shape index (κ3) is 2.27. The van der Waals surface area contributed by atoms with Gasteiger partial charge in [-0.2, -0.15) is 0 Å². The Labute approximate surface area is 70.3 Å². The number of aliphatic carboxylic acids is 1. The number of rotatable bonds is 3. The van der Waals surface area contributed by atoms with Gasteiger partial charge in [-0.25, -0.2) is 0 Å². The van der Waals surface area contributed by atoms with E-state index in [0.717, 1.165) is 18.3 Å². The lowest BCUT2D eigenvalue weighted by Gasteiger charge is -1.89. The average Bonchev–Trinajstić information content (AvgIpc) is 2.48. The summed E-state index contributed by atoms with van der Waals surface area (Å²) in [6.45, 7) is 1.96. The first-order chi connectivity index (χ1) is 5.72. The third-order valence-electron chi connectivity index (χ3n) is 1.41. The lowest BCUT2D eigenvalue weighted by Crippen LogP contribution is -2.18. The number of aryl methyl sites for hydroxylation is 1. The van der Waals surface area contributed by atoms with Gasteiger partial charge >= 0.3 is 0 Å². The Morgan fingerprint density at radius 1 is 1.67 bits per heavy atom. The van der Waals surface area contributed by atoms with Gasteiger partial charge in [-0.3, -0.25) is 0 Å². The van der Waals surface area contributed by atoms with Gasteiger partial charge in [0, 0.05) is 6.42 Å². The fourth-order valence-corrected chi connectivity index (χ4v) is 0.824. The van der Waals surface area contributed by atoms with Crippen LogP contribution >= 0.6 is 0 Å². The lowest BCUT2D eigenvalue weighted by molar-refractivity contribution is -0.297. The first kappa shape index (κ1) is 8.59. The molecule has 12 heavy (non-hydrogen) atoms. The zero-order chi connectivity index (χ0) is 8.97. The van der Waals surface area contributed by atoms with Gasteiger partial charge in [0.2, 0.25) is 0 Å². The van der Waals surface area contributed by atoms with E-state index in [1.54, 1.807) is 6.07 Å². The van der Waals surface area contributed by atoms with Crippen molar-refractivity contribution in [1.29, 1.82) is 0 Å². The van der Waals surface area contributed by atoms with Crippen molar-refractivity contribution in [3.63, 3.8) is 0 Å². The molecule has 0 aliphatic rings. The maximum atomic E-state index is 10.0. The number of carboxylic acids is 1. The van der Waals surface area contributed by atoms with E-state index in [9.17, 15) is 9.90 Å². The third-order valence-corrected chi connectivity index (χ3v) is 1.41. The molecule has 0 fully saturated rings. The molecule has 3 heteroatoms. The molecule has 0 atom stereocenters. The van der Waals surface area contributed by atoms with Crippen LogP contribution in [-0.2, 0) is 11.2 Å². The van der Waals surface area contributed by atoms with E-state index in [-0.39, 0.29) is 0 Å². The van der Waals surface area contributed by atoms with Crippen LogP contribution in [0.5, 0.6) is 0 Å². The first-order valence-corrected chi connectivity index (χ1v) is 3.70. The van der Waals surface area contributed by atoms with E-state index in [0.29, 0.717) is 5.76 Å². The lowest BCUT2D eigenvalue weighted by atomic mass is 10.3. The quantitative estimate of drug-likeness (QED) is 0.616. The summed E-state index contributed by atoms with van der Waals surface area (Å²) in [5, 5.41) is 10.0. The molecule has 0 spiro atoms. The molecule has 0 saturated carbocycles. The van der Waals surface area contributed by atoms with Crippen molar-refractivity contribution in [2.45, 2.75) is 13.3 Å². The molecule has 1 aromatic rings. The fourth-order valence-electron chi connectivity index (χ4n) is 0.824. The monoisotopic (exact) mass is 165 g/mol. The number of carboxylic acid groups (broad SMARTS) is 1. The number of furan rings is 1. The Morgan fingerprint density at radius 3 is 2.92 bits per heavy atom. The second-order valence-electron chi connectivity index (χ2n) is 2.31. The van der Waals surface area contributed by atoms with Crippen LogP contribution in [-0.4, -0.2) is 5.97 Å². The van der Waals surface area contributed by atoms with Gasteiger partial charge in [-0.05, 0) is 24.3 Å². The van der Waals surface area contributed by atoms with Gasteiger partial charge in [-0.15, -0.1) is 0 Å². The molecule has 1 aromatic heterocycles. The minimum absolute atomic E-state index is 0.538. The predicted octanol–water partition coefficient (Wildman–Crippen LogP) is 0.605. The highest BCUT2D eigenvalue weighted by Crippen LogP contribution is 2.09. The van der Waals surface area contributed by atoms with E-state index in [4.69, 9.17) is 4.42 Å². The van der Waals surface area contributed by atoms with Crippen LogP contribution in [0.3, 0.4) is 0 Å². The molecular formula is C9H9O3-. The molecule has 0 bridgehead atoms. The highest BCUT2D eigenvalue weighted by Gasteiger charge is 1.94. The minimum Gasteiger partial charge on any atom is -0.545 e. The van der Waals surface area contributed by atoms with E-state index >= 15 is 0 Å². The molecule has 64 valence electrons. The second-order valence-corrected chi connectivity index (χ2v) is 2.31. The summed E-state index contributed by atoms with van der Waals surface area (Å²) >= 11 is 0. The second kappa shape index (κ2) is 3.76. The Bertz CT molecular complexity index is 296. The van der Waals surface area contributed by atoms with Gasteiger partial charge in [0.05, 0.1) is 5.97 Å². The number of hydrogen-bond donors (Lipinski definition) is 0. The SMILES string of the molecule is CCc1ccc(C=CC(=O)[O-])o1. The Balaban J connectivity index is 2.70. The molecule has 3 nitrogen and oxygen atoms in total. The normalized spacial score (nSPS) is 10.8. The maximum Gasteiger partial charge on any atom is 0.127 e. The van der Waals surface area contributed by atoms with Crippen LogP contribution in [0.15, 0.2) is 22.6 Å². The van der Waals surface area contributed by atoms with Crippen molar-refractivity contribution in [2.75, 3.05) is 0 Å². The van der Waals surface area contributed by atoms with Crippen LogP contribution < -0.4 is 5.11 Å². The molecule has 0 saturated heterocycles. The molecule has 0 unspecified atom stereocenters. The molecule has 1 rings (SSSR count). The van der Waals surface area contributed by atoms with Crippen molar-refractivity contribution < 1.29 is 14.3 Å². The standard InChI is InChI=1S/C9H10O3/c1-2-7-3-4-8(12-7)5-6-9(10)11/h3-6H,2H2,1H3,(H,10,11)/p-1. The van der Waals surface area contributed by atoms with Gasteiger partial charge in [0.25, 0.3) is 0 Å². The zero-order valence-electron chi connectivity index (χ0n) is 6.74. The summed E-state index contributed by atoms with van der Waals surface area (Å²) in [5.74, 6) is 0.161. The maximum absolute atomic E-state index is 10.0. The van der Waals surface area contributed by atoms with Crippen LogP contribution in [0.4, 0.5) is 0 Å². The van der Waals surface area contributed by atoms with Crippen molar-refractivity contribution in [3.05, 3.63) is 29.7 Å². The summed E-state index contributed by atoms with van der Waals surface area (Å²) < 4.78 is 5.21. The molecule has 0 aliphatic carbocycles. The van der Waals surface area contributed by atoms with Crippen molar-refractivity contribution in [1.82, 2.24) is 0 Å². The highest BCUT2D eigenvalue weighted by atomic mass is 16.4. The number of carbonyl (C=O) groups is 1. The molecule has 0 aliphatic heterocycles. The minimum atomic E-state index is -1.22. The Kier molecular flexibility index (Phi) is 2.69. The number of carbonyl (C=O) groups excluding carboxylic acids is 1. The molecule has 0 amide bonds. The van der Waals surface area contributed by atoms with Crippen molar-refractivity contribution in [2.24, 2.45) is 0 Å². The van der Waals surface area contributed by atoms with Crippen molar-refractivity contribution >= 4 is 12.0 Å². The van der Waals surface area contributed by atoms with Gasteiger partial charge in [-0.1, -0.05) is 6.92 Å². The summed E-state index contributed by atoms with van der Waals surface area (Å²) in [4.78, 5) is 10.0. The summed E-state index contributed by atoms with van der Waals surface area (Å²) in [7, 11) is 0. The molecule has 0 N–H and O–H groups in total. The van der Waals surface area contributed by atoms with Gasteiger partial charge in [0.1, 0.15) is 11.5 Å². The van der Waals surface area contributed by atoms with Crippen LogP contribution in [0.25, 0.3) is 6.08 Å². The smallest absolute Gasteiger partial charge is 0.127 e. The molecule has 0 radical (unpaired) electrons. The predicted molar refractivity (Wildman–Crippen MR) is 42.1 cm³/mol. The fraction of sp³-hybridized carbons (Fsp3) is 0.222. The van der Waals surface area contributed by atoms with Crippen LogP contribution in [0.1, 0.15) is 18.4 Å². The molecular weight excluding hydrogens is 156 g/mol. The highest BCUT2D eigenvalue weighted by molar-refractivity contribution is 5.82. The average molecular weight is 165 g/mol. The topological polar surface area (TPSA) is 53.3 Å². The van der Waals surface area contributed by atoms with E-state index in [1.807, 2.05) is 13.0 Å². The van der Waals surface area contributed by atoms with E-state index in [1.165, 1.54) is 6.08 Å². The molecule has 1 heterocycles. The summed E-state index contributed by atoms with van der Waals surface area (Å²) in [6.07, 6.45) is 3.12. The largest absolute Gasteiger partial charge is 0.545 e. The van der Waals surface area contributed by atoms with Gasteiger partial charge in [0.15, 0.2) is 0 Å². The summed E-state index contributed by atoms with van der Waals surface area (Å²) in [5.41, 5.74) is 0. The summed E-state index contributed by atoms with van der Waals surface area (Å²) in [6, 6.07) is 3.53. The van der Waals surface area contributed by atoms with E-state index in [2.05, 4.69) is 0 Å². The Morgan fingerprint density at radius 2 is 2.42 bits per heavy atom.